The first-order valence-electron chi connectivity index (χ1n) is 8.27. The molecule has 1 saturated heterocycles. The topological polar surface area (TPSA) is 45.8 Å². The summed E-state index contributed by atoms with van der Waals surface area (Å²) in [6.07, 6.45) is 1.57. The number of amides is 1. The van der Waals surface area contributed by atoms with Crippen LogP contribution in [0.2, 0.25) is 0 Å². The number of carbonyl (C=O) groups excluding carboxylic acids is 1. The van der Waals surface area contributed by atoms with E-state index < -0.39 is 0 Å². The van der Waals surface area contributed by atoms with Crippen LogP contribution in [0.3, 0.4) is 0 Å². The number of benzene rings is 2. The first-order valence-corrected chi connectivity index (χ1v) is 8.27. The van der Waals surface area contributed by atoms with E-state index in [0.717, 1.165) is 46.7 Å². The molecule has 0 spiro atoms. The minimum Gasteiger partial charge on any atom is -0.454 e. The van der Waals surface area contributed by atoms with Crippen LogP contribution in [0.25, 0.3) is 11.0 Å². The molecule has 0 N–H and O–H groups in total. The molecular weight excluding hydrogens is 300 g/mol. The summed E-state index contributed by atoms with van der Waals surface area (Å²) in [5.41, 5.74) is 4.97. The summed E-state index contributed by atoms with van der Waals surface area (Å²) in [4.78, 5) is 18.6. The van der Waals surface area contributed by atoms with Gasteiger partial charge in [0.15, 0.2) is 5.76 Å². The Morgan fingerprint density at radius 3 is 2.83 bits per heavy atom. The maximum absolute atomic E-state index is 12.0. The molecule has 0 radical (unpaired) electrons. The smallest absolute Gasteiger partial charge is 0.227 e. The van der Waals surface area contributed by atoms with Crippen LogP contribution in [0.5, 0.6) is 0 Å². The Kier molecular flexibility index (Phi) is 2.86. The fourth-order valence-corrected chi connectivity index (χ4v) is 3.57. The van der Waals surface area contributed by atoms with Crippen molar-refractivity contribution in [2.45, 2.75) is 19.4 Å². The maximum Gasteiger partial charge on any atom is 0.227 e. The molecule has 2 aliphatic heterocycles. The number of anilines is 1. The molecule has 3 heterocycles. The summed E-state index contributed by atoms with van der Waals surface area (Å²) in [6, 6.07) is 16.2. The van der Waals surface area contributed by atoms with E-state index in [1.165, 1.54) is 5.56 Å². The van der Waals surface area contributed by atoms with Gasteiger partial charge in [-0.25, -0.2) is 0 Å². The largest absolute Gasteiger partial charge is 0.454 e. The van der Waals surface area contributed by atoms with Crippen molar-refractivity contribution in [1.82, 2.24) is 0 Å². The van der Waals surface area contributed by atoms with Crippen molar-refractivity contribution in [3.05, 3.63) is 65.4 Å². The van der Waals surface area contributed by atoms with Gasteiger partial charge < -0.3 is 9.32 Å². The fourth-order valence-electron chi connectivity index (χ4n) is 3.57. The van der Waals surface area contributed by atoms with Gasteiger partial charge in [-0.1, -0.05) is 24.3 Å². The fraction of sp³-hybridized carbons (Fsp3) is 0.200. The van der Waals surface area contributed by atoms with Crippen molar-refractivity contribution >= 4 is 28.3 Å². The third kappa shape index (κ3) is 1.99. The highest BCUT2D eigenvalue weighted by atomic mass is 16.3. The molecule has 4 nitrogen and oxygen atoms in total. The summed E-state index contributed by atoms with van der Waals surface area (Å²) >= 11 is 0. The van der Waals surface area contributed by atoms with Crippen molar-refractivity contribution in [2.75, 3.05) is 11.4 Å². The number of nitrogens with zero attached hydrogens (tertiary/aromatic N) is 2. The van der Waals surface area contributed by atoms with Crippen molar-refractivity contribution in [3.63, 3.8) is 0 Å². The molecule has 2 aromatic carbocycles. The lowest BCUT2D eigenvalue weighted by Gasteiger charge is -2.16. The summed E-state index contributed by atoms with van der Waals surface area (Å²) in [7, 11) is 0. The molecule has 24 heavy (non-hydrogen) atoms. The van der Waals surface area contributed by atoms with E-state index >= 15 is 0 Å². The van der Waals surface area contributed by atoms with Gasteiger partial charge in [0, 0.05) is 29.6 Å². The van der Waals surface area contributed by atoms with Crippen LogP contribution in [0, 0.1) is 0 Å². The summed E-state index contributed by atoms with van der Waals surface area (Å²) in [6.45, 7) is 1.46. The Hall–Kier alpha value is -2.88. The Bertz CT molecular complexity index is 967. The normalized spacial score (nSPS) is 16.8. The number of hydrogen-bond acceptors (Lipinski definition) is 3. The molecule has 0 aliphatic carbocycles. The van der Waals surface area contributed by atoms with Gasteiger partial charge >= 0.3 is 0 Å². The van der Waals surface area contributed by atoms with Crippen LogP contribution < -0.4 is 4.90 Å². The zero-order valence-corrected chi connectivity index (χ0v) is 13.2. The summed E-state index contributed by atoms with van der Waals surface area (Å²) in [5, 5.41) is 1.08. The van der Waals surface area contributed by atoms with E-state index in [2.05, 4.69) is 17.1 Å². The number of para-hydroxylation sites is 1. The van der Waals surface area contributed by atoms with Crippen LogP contribution >= 0.6 is 0 Å². The van der Waals surface area contributed by atoms with Crippen LogP contribution in [0.1, 0.15) is 29.7 Å². The Labute approximate surface area is 139 Å². The number of furan rings is 1. The number of fused-ring (bicyclic) bond motifs is 2. The van der Waals surface area contributed by atoms with Crippen LogP contribution in [0.4, 0.5) is 5.69 Å². The first-order chi connectivity index (χ1) is 11.8. The van der Waals surface area contributed by atoms with E-state index in [-0.39, 0.29) is 5.91 Å². The first kappa shape index (κ1) is 13.5. The number of aliphatic imine (C=N–C) groups is 1. The van der Waals surface area contributed by atoms with E-state index in [9.17, 15) is 4.79 Å². The lowest BCUT2D eigenvalue weighted by Crippen LogP contribution is -2.23. The Morgan fingerprint density at radius 2 is 2.00 bits per heavy atom. The minimum atomic E-state index is 0.204. The summed E-state index contributed by atoms with van der Waals surface area (Å²) in [5.74, 6) is 0.995. The SMILES string of the molecule is O=C1CCCN1c1ccc2c(c1)C(c1cc3ccccc3o1)=NC2. The van der Waals surface area contributed by atoms with E-state index in [1.807, 2.05) is 41.3 Å². The second-order valence-electron chi connectivity index (χ2n) is 6.30. The molecule has 4 heteroatoms. The number of carbonyl (C=O) groups is 1. The quantitative estimate of drug-likeness (QED) is 0.719. The molecule has 0 unspecified atom stereocenters. The van der Waals surface area contributed by atoms with Gasteiger partial charge in [0.25, 0.3) is 0 Å². The van der Waals surface area contributed by atoms with Gasteiger partial charge in [0.05, 0.1) is 6.54 Å². The van der Waals surface area contributed by atoms with Gasteiger partial charge in [-0.3, -0.25) is 9.79 Å². The highest BCUT2D eigenvalue weighted by molar-refractivity contribution is 6.15. The molecule has 3 aromatic rings. The number of rotatable bonds is 2. The highest BCUT2D eigenvalue weighted by Gasteiger charge is 2.25. The standard InChI is InChI=1S/C20H16N2O2/c23-19-6-3-9-22(19)15-8-7-14-12-21-20(16(14)11-15)18-10-13-4-1-2-5-17(13)24-18/h1-2,4-5,7-8,10-11H,3,6,9,12H2. The van der Waals surface area contributed by atoms with E-state index in [1.54, 1.807) is 0 Å². The average molecular weight is 316 g/mol. The third-order valence-electron chi connectivity index (χ3n) is 4.80. The summed E-state index contributed by atoms with van der Waals surface area (Å²) < 4.78 is 5.98. The molecule has 0 saturated carbocycles. The van der Waals surface area contributed by atoms with Gasteiger partial charge in [0.1, 0.15) is 11.3 Å². The van der Waals surface area contributed by atoms with E-state index in [0.29, 0.717) is 13.0 Å². The Morgan fingerprint density at radius 1 is 1.08 bits per heavy atom. The average Bonchev–Trinajstić information content (AvgIpc) is 3.30. The van der Waals surface area contributed by atoms with Crippen molar-refractivity contribution in [1.29, 1.82) is 0 Å². The van der Waals surface area contributed by atoms with E-state index in [4.69, 9.17) is 4.42 Å². The molecular formula is C20H16N2O2. The Balaban J connectivity index is 1.58. The van der Waals surface area contributed by atoms with Gasteiger partial charge in [-0.05, 0) is 36.2 Å². The van der Waals surface area contributed by atoms with Crippen molar-refractivity contribution < 1.29 is 9.21 Å². The molecule has 0 bridgehead atoms. The van der Waals surface area contributed by atoms with Crippen molar-refractivity contribution in [3.8, 4) is 0 Å². The molecule has 1 aromatic heterocycles. The van der Waals surface area contributed by atoms with Crippen molar-refractivity contribution in [2.24, 2.45) is 4.99 Å². The van der Waals surface area contributed by atoms with Gasteiger partial charge in [-0.15, -0.1) is 0 Å². The lowest BCUT2D eigenvalue weighted by molar-refractivity contribution is -0.117. The van der Waals surface area contributed by atoms with Gasteiger partial charge in [-0.2, -0.15) is 0 Å². The predicted molar refractivity (Wildman–Crippen MR) is 93.6 cm³/mol. The molecule has 1 fully saturated rings. The predicted octanol–water partition coefficient (Wildman–Crippen LogP) is 3.91. The molecule has 1 amide bonds. The monoisotopic (exact) mass is 316 g/mol. The van der Waals surface area contributed by atoms with Gasteiger partial charge in [0.2, 0.25) is 5.91 Å². The zero-order chi connectivity index (χ0) is 16.1. The van der Waals surface area contributed by atoms with Crippen LogP contribution in [0.15, 0.2) is 57.9 Å². The zero-order valence-electron chi connectivity index (χ0n) is 13.2. The molecule has 118 valence electrons. The minimum absolute atomic E-state index is 0.204. The molecule has 0 atom stereocenters. The lowest BCUT2D eigenvalue weighted by atomic mass is 10.0. The highest BCUT2D eigenvalue weighted by Crippen LogP contribution is 2.31. The molecule has 2 aliphatic rings. The van der Waals surface area contributed by atoms with Crippen LogP contribution in [-0.2, 0) is 11.3 Å². The second kappa shape index (κ2) is 5.06. The third-order valence-corrected chi connectivity index (χ3v) is 4.80. The maximum atomic E-state index is 12.0. The second-order valence-corrected chi connectivity index (χ2v) is 6.30. The van der Waals surface area contributed by atoms with Crippen LogP contribution in [-0.4, -0.2) is 18.2 Å². The number of hydrogen-bond donors (Lipinski definition) is 0. The molecule has 5 rings (SSSR count).